The van der Waals surface area contributed by atoms with Gasteiger partial charge in [0, 0.05) is 35.4 Å². The van der Waals surface area contributed by atoms with Crippen LogP contribution in [0, 0.1) is 0 Å². The van der Waals surface area contributed by atoms with Crippen molar-refractivity contribution >= 4 is 50.2 Å². The van der Waals surface area contributed by atoms with Gasteiger partial charge in [-0.25, -0.2) is 4.79 Å². The van der Waals surface area contributed by atoms with E-state index >= 15 is 0 Å². The quantitative estimate of drug-likeness (QED) is 0.414. The molecule has 2 atom stereocenters. The molecule has 0 radical (unpaired) electrons. The molecule has 0 bridgehead atoms. The van der Waals surface area contributed by atoms with Crippen molar-refractivity contribution in [2.45, 2.75) is 31.8 Å². The molecule has 0 aliphatic carbocycles. The number of nitrogens with zero attached hydrogens (tertiary/aromatic N) is 2. The highest BCUT2D eigenvalue weighted by atomic mass is 32.1. The van der Waals surface area contributed by atoms with Crippen LogP contribution in [-0.4, -0.2) is 46.9 Å². The Morgan fingerprint density at radius 1 is 1.09 bits per heavy atom. The van der Waals surface area contributed by atoms with Gasteiger partial charge in [0.1, 0.15) is 10.9 Å². The minimum Gasteiger partial charge on any atom is -0.467 e. The molecule has 1 N–H and O–H groups in total. The zero-order chi connectivity index (χ0) is 24.7. The van der Waals surface area contributed by atoms with Crippen LogP contribution in [0.15, 0.2) is 54.6 Å². The molecule has 1 fully saturated rings. The summed E-state index contributed by atoms with van der Waals surface area (Å²) >= 11 is 1.48. The number of hydrogen-bond donors (Lipinski definition) is 1. The van der Waals surface area contributed by atoms with E-state index in [4.69, 9.17) is 4.74 Å². The zero-order valence-electron chi connectivity index (χ0n) is 19.9. The van der Waals surface area contributed by atoms with E-state index in [2.05, 4.69) is 22.0 Å². The highest BCUT2D eigenvalue weighted by Gasteiger charge is 2.35. The van der Waals surface area contributed by atoms with Gasteiger partial charge in [-0.15, -0.1) is 11.3 Å². The van der Waals surface area contributed by atoms with Crippen molar-refractivity contribution < 1.29 is 19.1 Å². The van der Waals surface area contributed by atoms with Crippen molar-refractivity contribution in [1.29, 1.82) is 0 Å². The molecule has 1 saturated heterocycles. The summed E-state index contributed by atoms with van der Waals surface area (Å²) in [4.78, 5) is 41.3. The van der Waals surface area contributed by atoms with Gasteiger partial charge in [-0.1, -0.05) is 30.3 Å². The van der Waals surface area contributed by atoms with Crippen LogP contribution in [0.25, 0.3) is 21.1 Å². The van der Waals surface area contributed by atoms with Gasteiger partial charge in [0.15, 0.2) is 0 Å². The van der Waals surface area contributed by atoms with Crippen molar-refractivity contribution in [2.24, 2.45) is 7.05 Å². The zero-order valence-corrected chi connectivity index (χ0v) is 20.7. The van der Waals surface area contributed by atoms with Crippen molar-refractivity contribution in [3.05, 3.63) is 70.6 Å². The Balaban J connectivity index is 1.29. The van der Waals surface area contributed by atoms with Crippen LogP contribution in [0.4, 0.5) is 0 Å². The smallest absolute Gasteiger partial charge is 0.328 e. The molecule has 1 aliphatic rings. The number of nitrogens with one attached hydrogen (secondary N) is 1. The van der Waals surface area contributed by atoms with Crippen molar-refractivity contribution in [2.75, 3.05) is 13.7 Å². The summed E-state index contributed by atoms with van der Waals surface area (Å²) in [5.74, 6) is -0.683. The lowest BCUT2D eigenvalue weighted by atomic mass is 10.0. The topological polar surface area (TPSA) is 80.6 Å². The number of aryl methyl sites for hydroxylation is 1. The molecule has 0 unspecified atom stereocenters. The predicted octanol–water partition coefficient (Wildman–Crippen LogP) is 4.66. The monoisotopic (exact) mass is 489 g/mol. The van der Waals surface area contributed by atoms with E-state index in [1.165, 1.54) is 18.4 Å². The summed E-state index contributed by atoms with van der Waals surface area (Å²) in [5.41, 5.74) is 2.56. The predicted molar refractivity (Wildman–Crippen MR) is 137 cm³/mol. The van der Waals surface area contributed by atoms with Crippen LogP contribution in [0.1, 0.15) is 51.4 Å². The van der Waals surface area contributed by atoms with Crippen molar-refractivity contribution in [1.82, 2.24) is 14.8 Å². The molecule has 3 heterocycles. The number of amides is 2. The van der Waals surface area contributed by atoms with E-state index < -0.39 is 6.04 Å². The number of para-hydroxylation sites is 1. The van der Waals surface area contributed by atoms with Gasteiger partial charge in [0.05, 0.1) is 18.0 Å². The van der Waals surface area contributed by atoms with Crippen LogP contribution >= 0.6 is 11.3 Å². The lowest BCUT2D eigenvalue weighted by molar-refractivity contribution is -0.145. The lowest BCUT2D eigenvalue weighted by Crippen LogP contribution is -2.41. The highest BCUT2D eigenvalue weighted by Crippen LogP contribution is 2.34. The Kier molecular flexibility index (Phi) is 6.06. The molecule has 4 aromatic rings. The lowest BCUT2D eigenvalue weighted by Gasteiger charge is -2.23. The van der Waals surface area contributed by atoms with Gasteiger partial charge in [0.25, 0.3) is 11.8 Å². The van der Waals surface area contributed by atoms with Crippen molar-refractivity contribution in [3.63, 3.8) is 0 Å². The van der Waals surface area contributed by atoms with Crippen LogP contribution in [0.3, 0.4) is 0 Å². The average Bonchev–Trinajstić information content (AvgIpc) is 3.60. The summed E-state index contributed by atoms with van der Waals surface area (Å²) in [6.07, 6.45) is 1.40. The summed E-state index contributed by atoms with van der Waals surface area (Å²) < 4.78 is 6.96. The van der Waals surface area contributed by atoms with Crippen LogP contribution < -0.4 is 5.32 Å². The minimum atomic E-state index is -0.524. The minimum absolute atomic E-state index is 0.124. The molecular formula is C27H27N3O4S. The second-order valence-electron chi connectivity index (χ2n) is 8.90. The fourth-order valence-corrected chi connectivity index (χ4v) is 5.91. The maximum Gasteiger partial charge on any atom is 0.328 e. The molecule has 2 amide bonds. The molecule has 8 heteroatoms. The van der Waals surface area contributed by atoms with Gasteiger partial charge in [-0.3, -0.25) is 9.59 Å². The Hall–Kier alpha value is -3.65. The first-order chi connectivity index (χ1) is 16.9. The molecule has 0 saturated carbocycles. The Labute approximate surface area is 207 Å². The summed E-state index contributed by atoms with van der Waals surface area (Å²) in [7, 11) is 3.36. The molecular weight excluding hydrogens is 462 g/mol. The molecule has 180 valence electrons. The standard InChI is InChI=1S/C27H27N3O4S/c1-16(17-10-12-18(13-11-17)25(32)30-14-6-9-22(30)27(33)34-3)28-24(31)23-15-20-19-7-4-5-8-21(19)29(2)26(20)35-23/h4-5,7-8,10-13,15-16,22H,6,9,14H2,1-3H3,(H,28,31)/t16-,22+/m1/s1. The van der Waals surface area contributed by atoms with E-state index in [0.717, 1.165) is 33.1 Å². The number of rotatable bonds is 5. The number of carbonyl (C=O) groups is 3. The third-order valence-corrected chi connectivity index (χ3v) is 8.00. The number of aromatic nitrogens is 1. The molecule has 2 aromatic heterocycles. The van der Waals surface area contributed by atoms with Gasteiger partial charge in [0.2, 0.25) is 0 Å². The number of likely N-dealkylation sites (tertiary alicyclic amines) is 1. The first-order valence-electron chi connectivity index (χ1n) is 11.7. The fraction of sp³-hybridized carbons (Fsp3) is 0.296. The number of methoxy groups -OCH3 is 1. The Morgan fingerprint density at radius 2 is 1.83 bits per heavy atom. The number of hydrogen-bond acceptors (Lipinski definition) is 5. The van der Waals surface area contributed by atoms with Crippen LogP contribution in [-0.2, 0) is 16.6 Å². The number of thiophene rings is 1. The summed E-state index contributed by atoms with van der Waals surface area (Å²) in [6, 6.07) is 16.6. The fourth-order valence-electron chi connectivity index (χ4n) is 4.86. The van der Waals surface area contributed by atoms with Gasteiger partial charge >= 0.3 is 5.97 Å². The Bertz CT molecular complexity index is 1440. The second kappa shape index (κ2) is 9.19. The normalized spacial score (nSPS) is 16.5. The van der Waals surface area contributed by atoms with E-state index in [1.54, 1.807) is 17.0 Å². The largest absolute Gasteiger partial charge is 0.467 e. The van der Waals surface area contributed by atoms with Crippen LogP contribution in [0.5, 0.6) is 0 Å². The first-order valence-corrected chi connectivity index (χ1v) is 12.5. The van der Waals surface area contributed by atoms with E-state index in [9.17, 15) is 14.4 Å². The second-order valence-corrected chi connectivity index (χ2v) is 9.93. The average molecular weight is 490 g/mol. The molecule has 35 heavy (non-hydrogen) atoms. The number of fused-ring (bicyclic) bond motifs is 3. The van der Waals surface area contributed by atoms with Crippen molar-refractivity contribution in [3.8, 4) is 0 Å². The van der Waals surface area contributed by atoms with Crippen LogP contribution in [0.2, 0.25) is 0 Å². The third kappa shape index (κ3) is 4.08. The highest BCUT2D eigenvalue weighted by molar-refractivity contribution is 7.20. The Morgan fingerprint density at radius 3 is 2.57 bits per heavy atom. The van der Waals surface area contributed by atoms with E-state index in [1.807, 2.05) is 44.3 Å². The summed E-state index contributed by atoms with van der Waals surface area (Å²) in [6.45, 7) is 2.46. The SMILES string of the molecule is COC(=O)[C@@H]1CCCN1C(=O)c1ccc([C@@H](C)NC(=O)c2cc3c4ccccc4n(C)c3s2)cc1. The molecule has 0 spiro atoms. The first kappa shape index (κ1) is 23.1. The van der Waals surface area contributed by atoms with Gasteiger partial charge < -0.3 is 19.5 Å². The number of carbonyl (C=O) groups excluding carboxylic acids is 3. The van der Waals surface area contributed by atoms with E-state index in [-0.39, 0.29) is 23.8 Å². The molecule has 2 aromatic carbocycles. The summed E-state index contributed by atoms with van der Waals surface area (Å²) in [5, 5.41) is 5.29. The number of esters is 1. The maximum atomic E-state index is 13.0. The molecule has 5 rings (SSSR count). The third-order valence-electron chi connectivity index (χ3n) is 6.79. The number of benzene rings is 2. The van der Waals surface area contributed by atoms with Gasteiger partial charge in [-0.2, -0.15) is 0 Å². The van der Waals surface area contributed by atoms with Gasteiger partial charge in [-0.05, 0) is 49.6 Å². The van der Waals surface area contributed by atoms with E-state index in [0.29, 0.717) is 23.4 Å². The number of ether oxygens (including phenoxy) is 1. The maximum absolute atomic E-state index is 13.0. The molecule has 1 aliphatic heterocycles. The molecule has 7 nitrogen and oxygen atoms in total.